The van der Waals surface area contributed by atoms with Crippen molar-refractivity contribution in [2.45, 2.75) is 38.8 Å². The fourth-order valence-electron chi connectivity index (χ4n) is 4.76. The van der Waals surface area contributed by atoms with Gasteiger partial charge in [-0.25, -0.2) is 4.68 Å². The van der Waals surface area contributed by atoms with Crippen molar-refractivity contribution in [3.8, 4) is 0 Å². The van der Waals surface area contributed by atoms with Gasteiger partial charge >= 0.3 is 0 Å². The summed E-state index contributed by atoms with van der Waals surface area (Å²) in [5, 5.41) is 5.78. The molecule has 1 aliphatic rings. The van der Waals surface area contributed by atoms with Crippen LogP contribution in [-0.4, -0.2) is 22.7 Å². The fourth-order valence-corrected chi connectivity index (χ4v) is 4.76. The quantitative estimate of drug-likeness (QED) is 0.243. The number of ether oxygens (including phenoxy) is 1. The summed E-state index contributed by atoms with van der Waals surface area (Å²) in [6.07, 6.45) is 7.03. The Labute approximate surface area is 194 Å². The summed E-state index contributed by atoms with van der Waals surface area (Å²) in [5.74, 6) is 0. The van der Waals surface area contributed by atoms with Crippen LogP contribution in [0.3, 0.4) is 0 Å². The molecule has 166 valence electrons. The van der Waals surface area contributed by atoms with E-state index in [1.807, 2.05) is 41.2 Å². The average Bonchev–Trinajstić information content (AvgIpc) is 3.32. The summed E-state index contributed by atoms with van der Waals surface area (Å²) in [6, 6.07) is 25.0. The van der Waals surface area contributed by atoms with Crippen LogP contribution in [0.4, 0.5) is 0 Å². The number of fused-ring (bicyclic) bond motifs is 1. The maximum absolute atomic E-state index is 11.2. The van der Waals surface area contributed by atoms with Gasteiger partial charge in [-0.05, 0) is 65.7 Å². The molecule has 4 aromatic rings. The zero-order valence-electron chi connectivity index (χ0n) is 18.9. The molecule has 0 bridgehead atoms. The molecule has 1 atom stereocenters. The molecule has 33 heavy (non-hydrogen) atoms. The third-order valence-electron chi connectivity index (χ3n) is 6.43. The van der Waals surface area contributed by atoms with Gasteiger partial charge in [-0.3, -0.25) is 4.79 Å². The Hall–Kier alpha value is -3.50. The Morgan fingerprint density at radius 3 is 2.48 bits per heavy atom. The average molecular weight is 437 g/mol. The fraction of sp³-hybridized carbons (Fsp3) is 0.241. The molecule has 0 N–H and O–H groups in total. The Morgan fingerprint density at radius 1 is 1.00 bits per heavy atom. The van der Waals surface area contributed by atoms with Crippen LogP contribution in [0.1, 0.15) is 65.9 Å². The lowest BCUT2D eigenvalue weighted by Gasteiger charge is -2.23. The van der Waals surface area contributed by atoms with E-state index in [1.165, 1.54) is 23.1 Å². The molecule has 1 unspecified atom stereocenters. The predicted octanol–water partition coefficient (Wildman–Crippen LogP) is 6.92. The molecule has 4 heteroatoms. The highest BCUT2D eigenvalue weighted by Crippen LogP contribution is 2.36. The van der Waals surface area contributed by atoms with E-state index in [-0.39, 0.29) is 6.23 Å². The minimum Gasteiger partial charge on any atom is -0.356 e. The first-order chi connectivity index (χ1) is 16.3. The van der Waals surface area contributed by atoms with Crippen molar-refractivity contribution in [3.63, 3.8) is 0 Å². The van der Waals surface area contributed by atoms with Gasteiger partial charge in [0.2, 0.25) is 0 Å². The maximum Gasteiger partial charge on any atom is 0.150 e. The molecule has 1 aliphatic heterocycles. The van der Waals surface area contributed by atoms with Crippen LogP contribution >= 0.6 is 0 Å². The summed E-state index contributed by atoms with van der Waals surface area (Å²) in [4.78, 5) is 11.2. The highest BCUT2D eigenvalue weighted by Gasteiger charge is 2.20. The van der Waals surface area contributed by atoms with Crippen molar-refractivity contribution in [2.75, 3.05) is 6.61 Å². The SMILES string of the molecule is CC/C(=C(\c1ccc(C=O)cc1)c1ccc2c(cnn2C2CCCCO2)c1)c1ccccc1. The van der Waals surface area contributed by atoms with Crippen LogP contribution < -0.4 is 0 Å². The number of hydrogen-bond acceptors (Lipinski definition) is 3. The molecular weight excluding hydrogens is 408 g/mol. The Bertz CT molecular complexity index is 1280. The molecule has 1 aromatic heterocycles. The summed E-state index contributed by atoms with van der Waals surface area (Å²) >= 11 is 0. The Morgan fingerprint density at radius 2 is 1.79 bits per heavy atom. The Kier molecular flexibility index (Phi) is 6.18. The van der Waals surface area contributed by atoms with E-state index >= 15 is 0 Å². The molecule has 0 spiro atoms. The van der Waals surface area contributed by atoms with Crippen molar-refractivity contribution in [1.82, 2.24) is 9.78 Å². The number of carbonyl (C=O) groups is 1. The van der Waals surface area contributed by atoms with Gasteiger partial charge in [0.05, 0.1) is 11.7 Å². The van der Waals surface area contributed by atoms with Gasteiger partial charge in [0.25, 0.3) is 0 Å². The number of nitrogens with zero attached hydrogens (tertiary/aromatic N) is 2. The summed E-state index contributed by atoms with van der Waals surface area (Å²) in [7, 11) is 0. The lowest BCUT2D eigenvalue weighted by atomic mass is 9.87. The number of allylic oxidation sites excluding steroid dienone is 1. The smallest absolute Gasteiger partial charge is 0.150 e. The second-order valence-electron chi connectivity index (χ2n) is 8.50. The van der Waals surface area contributed by atoms with Crippen LogP contribution in [-0.2, 0) is 4.74 Å². The number of benzene rings is 3. The monoisotopic (exact) mass is 436 g/mol. The van der Waals surface area contributed by atoms with Gasteiger partial charge < -0.3 is 4.74 Å². The van der Waals surface area contributed by atoms with Crippen LogP contribution in [0.15, 0.2) is 79.0 Å². The molecule has 1 saturated heterocycles. The van der Waals surface area contributed by atoms with Gasteiger partial charge in [0.1, 0.15) is 6.29 Å². The zero-order valence-corrected chi connectivity index (χ0v) is 18.9. The molecule has 0 aliphatic carbocycles. The summed E-state index contributed by atoms with van der Waals surface area (Å²) < 4.78 is 8.00. The van der Waals surface area contributed by atoms with Gasteiger partial charge in [0.15, 0.2) is 6.23 Å². The number of aromatic nitrogens is 2. The molecule has 2 heterocycles. The molecular formula is C29H28N2O2. The van der Waals surface area contributed by atoms with E-state index in [9.17, 15) is 4.79 Å². The summed E-state index contributed by atoms with van der Waals surface area (Å²) in [6.45, 7) is 2.99. The number of hydrogen-bond donors (Lipinski definition) is 0. The van der Waals surface area contributed by atoms with Crippen LogP contribution in [0.25, 0.3) is 22.0 Å². The van der Waals surface area contributed by atoms with E-state index in [2.05, 4.69) is 54.5 Å². The minimum atomic E-state index is 0.0171. The van der Waals surface area contributed by atoms with E-state index < -0.39 is 0 Å². The molecule has 0 radical (unpaired) electrons. The zero-order chi connectivity index (χ0) is 22.6. The largest absolute Gasteiger partial charge is 0.356 e. The van der Waals surface area contributed by atoms with Gasteiger partial charge in [0, 0.05) is 17.6 Å². The van der Waals surface area contributed by atoms with E-state index in [4.69, 9.17) is 4.74 Å². The van der Waals surface area contributed by atoms with E-state index in [0.29, 0.717) is 5.56 Å². The van der Waals surface area contributed by atoms with Gasteiger partial charge in [-0.2, -0.15) is 5.10 Å². The van der Waals surface area contributed by atoms with E-state index in [0.717, 1.165) is 54.2 Å². The minimum absolute atomic E-state index is 0.0171. The highest BCUT2D eigenvalue weighted by atomic mass is 16.5. The normalized spacial score (nSPS) is 17.1. The van der Waals surface area contributed by atoms with Crippen molar-refractivity contribution < 1.29 is 9.53 Å². The third kappa shape index (κ3) is 4.27. The number of carbonyl (C=O) groups excluding carboxylic acids is 1. The first-order valence-electron chi connectivity index (χ1n) is 11.7. The van der Waals surface area contributed by atoms with Crippen molar-refractivity contribution >= 4 is 28.3 Å². The van der Waals surface area contributed by atoms with E-state index in [1.54, 1.807) is 0 Å². The van der Waals surface area contributed by atoms with Gasteiger partial charge in [-0.1, -0.05) is 67.6 Å². The van der Waals surface area contributed by atoms with Crippen molar-refractivity contribution in [2.24, 2.45) is 0 Å². The molecule has 0 amide bonds. The molecule has 4 nitrogen and oxygen atoms in total. The first-order valence-corrected chi connectivity index (χ1v) is 11.7. The molecule has 3 aromatic carbocycles. The lowest BCUT2D eigenvalue weighted by Crippen LogP contribution is -2.18. The van der Waals surface area contributed by atoms with Gasteiger partial charge in [-0.15, -0.1) is 0 Å². The summed E-state index contributed by atoms with van der Waals surface area (Å²) in [5.41, 5.74) is 7.69. The molecule has 1 fully saturated rings. The van der Waals surface area contributed by atoms with Crippen LogP contribution in [0, 0.1) is 0 Å². The highest BCUT2D eigenvalue weighted by molar-refractivity contribution is 6.00. The second-order valence-corrected chi connectivity index (χ2v) is 8.50. The predicted molar refractivity (Wildman–Crippen MR) is 133 cm³/mol. The molecule has 5 rings (SSSR count). The second kappa shape index (κ2) is 9.55. The van der Waals surface area contributed by atoms with Crippen molar-refractivity contribution in [1.29, 1.82) is 0 Å². The van der Waals surface area contributed by atoms with Crippen LogP contribution in [0.5, 0.6) is 0 Å². The molecule has 0 saturated carbocycles. The standard InChI is InChI=1S/C29H28N2O2/c1-2-26(22-8-4-3-5-9-22)29(23-13-11-21(20-32)12-14-23)24-15-16-27-25(18-24)19-30-31(27)28-10-6-7-17-33-28/h3-5,8-9,11-16,18-20,28H,2,6-7,10,17H2,1H3/b29-26-. The maximum atomic E-state index is 11.2. The van der Waals surface area contributed by atoms with Crippen LogP contribution in [0.2, 0.25) is 0 Å². The lowest BCUT2D eigenvalue weighted by molar-refractivity contribution is -0.0366. The number of aldehydes is 1. The number of rotatable bonds is 6. The third-order valence-corrected chi connectivity index (χ3v) is 6.43. The van der Waals surface area contributed by atoms with Crippen molar-refractivity contribution in [3.05, 3.63) is 101 Å². The topological polar surface area (TPSA) is 44.1 Å². The first kappa shape index (κ1) is 21.4. The Balaban J connectivity index is 1.66.